The summed E-state index contributed by atoms with van der Waals surface area (Å²) in [7, 11) is -3.13. The number of nitrogens with zero attached hydrogens (tertiary/aromatic N) is 1. The number of sulfone groups is 1. The van der Waals surface area contributed by atoms with Crippen molar-refractivity contribution in [2.75, 3.05) is 18.3 Å². The van der Waals surface area contributed by atoms with Gasteiger partial charge in [-0.2, -0.15) is 0 Å². The molecule has 1 aromatic heterocycles. The molecule has 1 atom stereocenters. The first kappa shape index (κ1) is 19.3. The fraction of sp³-hybridized carbons (Fsp3) is 0.421. The Morgan fingerprint density at radius 1 is 1.32 bits per heavy atom. The van der Waals surface area contributed by atoms with Crippen molar-refractivity contribution in [3.8, 4) is 5.75 Å². The van der Waals surface area contributed by atoms with Crippen LogP contribution in [0.3, 0.4) is 0 Å². The van der Waals surface area contributed by atoms with E-state index in [1.807, 2.05) is 0 Å². The molecule has 1 saturated heterocycles. The Morgan fingerprint density at radius 2 is 2.18 bits per heavy atom. The zero-order valence-electron chi connectivity index (χ0n) is 15.1. The van der Waals surface area contributed by atoms with Gasteiger partial charge in [0.05, 0.1) is 37.3 Å². The number of carbonyl (C=O) groups excluding carboxylic acids is 1. The Morgan fingerprint density at radius 3 is 2.89 bits per heavy atom. The molecule has 1 fully saturated rings. The number of benzene rings is 1. The van der Waals surface area contributed by atoms with Crippen molar-refractivity contribution in [2.45, 2.75) is 32.0 Å². The predicted molar refractivity (Wildman–Crippen MR) is 102 cm³/mol. The van der Waals surface area contributed by atoms with E-state index >= 15 is 0 Å². The van der Waals surface area contributed by atoms with Crippen LogP contribution in [-0.2, 0) is 38.9 Å². The number of hydrogen-bond acceptors (Lipinski definition) is 6. The minimum atomic E-state index is -3.13. The first-order chi connectivity index (χ1) is 13.4. The summed E-state index contributed by atoms with van der Waals surface area (Å²) in [6.07, 6.45) is 2.01. The molecule has 7 nitrogen and oxygen atoms in total. The van der Waals surface area contributed by atoms with E-state index in [4.69, 9.17) is 25.5 Å². The summed E-state index contributed by atoms with van der Waals surface area (Å²) in [6, 6.07) is 6.60. The van der Waals surface area contributed by atoms with Gasteiger partial charge in [0, 0.05) is 22.2 Å². The van der Waals surface area contributed by atoms with E-state index in [0.717, 1.165) is 5.56 Å². The maximum atomic E-state index is 13.2. The molecule has 0 N–H and O–H groups in total. The Bertz CT molecular complexity index is 973. The number of rotatable bonds is 5. The van der Waals surface area contributed by atoms with Crippen molar-refractivity contribution in [2.24, 2.45) is 0 Å². The van der Waals surface area contributed by atoms with Crippen LogP contribution in [0.25, 0.3) is 0 Å². The van der Waals surface area contributed by atoms with Gasteiger partial charge in [-0.05, 0) is 30.7 Å². The molecule has 2 aliphatic rings. The number of hydrogen-bond donors (Lipinski definition) is 0. The highest BCUT2D eigenvalue weighted by Crippen LogP contribution is 2.33. The second-order valence-corrected chi connectivity index (χ2v) is 9.66. The van der Waals surface area contributed by atoms with E-state index < -0.39 is 9.84 Å². The van der Waals surface area contributed by atoms with Crippen LogP contribution in [0.4, 0.5) is 0 Å². The van der Waals surface area contributed by atoms with Crippen LogP contribution >= 0.6 is 11.6 Å². The molecule has 0 spiro atoms. The van der Waals surface area contributed by atoms with Crippen LogP contribution in [0.1, 0.15) is 23.3 Å². The second kappa shape index (κ2) is 7.77. The molecule has 0 bridgehead atoms. The highest BCUT2D eigenvalue weighted by Gasteiger charge is 2.35. The third-order valence-corrected chi connectivity index (χ3v) is 6.94. The summed E-state index contributed by atoms with van der Waals surface area (Å²) in [5, 5.41) is 0.497. The van der Waals surface area contributed by atoms with Crippen LogP contribution in [0.2, 0.25) is 5.02 Å². The third kappa shape index (κ3) is 4.19. The number of ether oxygens (including phenoxy) is 2. The molecule has 150 valence electrons. The van der Waals surface area contributed by atoms with Crippen molar-refractivity contribution in [3.63, 3.8) is 0 Å². The van der Waals surface area contributed by atoms with Gasteiger partial charge in [0.2, 0.25) is 5.91 Å². The van der Waals surface area contributed by atoms with E-state index in [2.05, 4.69) is 0 Å². The number of halogens is 1. The molecule has 2 aromatic rings. The molecule has 28 heavy (non-hydrogen) atoms. The molecule has 0 saturated carbocycles. The Kier molecular flexibility index (Phi) is 5.35. The van der Waals surface area contributed by atoms with Crippen molar-refractivity contribution in [3.05, 3.63) is 52.4 Å². The molecule has 1 amide bonds. The minimum Gasteiger partial charge on any atom is -0.467 e. The van der Waals surface area contributed by atoms with Gasteiger partial charge >= 0.3 is 0 Å². The summed E-state index contributed by atoms with van der Waals surface area (Å²) in [5.74, 6) is 1.08. The van der Waals surface area contributed by atoms with Gasteiger partial charge in [-0.25, -0.2) is 8.42 Å². The van der Waals surface area contributed by atoms with Crippen molar-refractivity contribution in [1.82, 2.24) is 4.90 Å². The average Bonchev–Trinajstić information content (AvgIpc) is 3.28. The van der Waals surface area contributed by atoms with E-state index in [1.165, 1.54) is 6.26 Å². The summed E-state index contributed by atoms with van der Waals surface area (Å²) in [6.45, 7) is 0.708. The van der Waals surface area contributed by atoms with Crippen molar-refractivity contribution >= 4 is 27.3 Å². The maximum Gasteiger partial charge on any atom is 0.227 e. The minimum absolute atomic E-state index is 0.0303. The molecule has 0 aliphatic carbocycles. The molecular weight excluding hydrogens is 406 g/mol. The van der Waals surface area contributed by atoms with Gasteiger partial charge in [-0.3, -0.25) is 4.79 Å². The fourth-order valence-electron chi connectivity index (χ4n) is 3.67. The Balaban J connectivity index is 1.60. The largest absolute Gasteiger partial charge is 0.467 e. The monoisotopic (exact) mass is 425 g/mol. The normalized spacial score (nSPS) is 20.4. The van der Waals surface area contributed by atoms with Crippen molar-refractivity contribution in [1.29, 1.82) is 0 Å². The number of carbonyl (C=O) groups is 1. The topological polar surface area (TPSA) is 86.1 Å². The lowest BCUT2D eigenvalue weighted by Crippen LogP contribution is -2.41. The van der Waals surface area contributed by atoms with Crippen LogP contribution in [0, 0.1) is 0 Å². The molecule has 0 unspecified atom stereocenters. The van der Waals surface area contributed by atoms with Gasteiger partial charge in [0.1, 0.15) is 11.5 Å². The van der Waals surface area contributed by atoms with Crippen LogP contribution < -0.4 is 4.74 Å². The van der Waals surface area contributed by atoms with E-state index in [-0.39, 0.29) is 43.2 Å². The highest BCUT2D eigenvalue weighted by molar-refractivity contribution is 7.91. The van der Waals surface area contributed by atoms with E-state index in [0.29, 0.717) is 35.1 Å². The first-order valence-electron chi connectivity index (χ1n) is 8.95. The smallest absolute Gasteiger partial charge is 0.227 e. The number of amides is 1. The summed E-state index contributed by atoms with van der Waals surface area (Å²) in [5.41, 5.74) is 1.46. The van der Waals surface area contributed by atoms with Crippen LogP contribution in [0.5, 0.6) is 5.75 Å². The molecule has 0 radical (unpaired) electrons. The van der Waals surface area contributed by atoms with E-state index in [9.17, 15) is 13.2 Å². The van der Waals surface area contributed by atoms with Gasteiger partial charge in [0.15, 0.2) is 16.6 Å². The predicted octanol–water partition coefficient (Wildman–Crippen LogP) is 2.56. The van der Waals surface area contributed by atoms with Gasteiger partial charge < -0.3 is 18.8 Å². The van der Waals surface area contributed by atoms with Gasteiger partial charge in [-0.1, -0.05) is 11.6 Å². The Hall–Kier alpha value is -2.03. The number of fused-ring (bicyclic) bond motifs is 1. The van der Waals surface area contributed by atoms with Crippen LogP contribution in [0.15, 0.2) is 34.9 Å². The lowest BCUT2D eigenvalue weighted by molar-refractivity contribution is -0.133. The van der Waals surface area contributed by atoms with E-state index in [1.54, 1.807) is 29.2 Å². The molecular formula is C19H20ClNO6S. The first-order valence-corrected chi connectivity index (χ1v) is 11.2. The lowest BCUT2D eigenvalue weighted by Gasteiger charge is -2.28. The quantitative estimate of drug-likeness (QED) is 0.731. The van der Waals surface area contributed by atoms with Crippen molar-refractivity contribution < 1.29 is 27.1 Å². The average molecular weight is 426 g/mol. The standard InChI is InChI=1S/C19H20ClNO6S/c20-15-6-13(19-14(7-15)10-25-12-27-19)8-18(22)21(9-17-2-1-4-26-17)16-3-5-28(23,24)11-16/h1-2,4,6-7,16H,3,5,8-12H2/t16-/m1/s1. The second-order valence-electron chi connectivity index (χ2n) is 7.00. The van der Waals surface area contributed by atoms with Gasteiger partial charge in [-0.15, -0.1) is 0 Å². The third-order valence-electron chi connectivity index (χ3n) is 4.97. The molecule has 9 heteroatoms. The number of furan rings is 1. The molecule has 3 heterocycles. The molecule has 2 aliphatic heterocycles. The maximum absolute atomic E-state index is 13.2. The zero-order valence-corrected chi connectivity index (χ0v) is 16.7. The zero-order chi connectivity index (χ0) is 19.7. The lowest BCUT2D eigenvalue weighted by atomic mass is 10.0. The Labute approximate surface area is 168 Å². The summed E-state index contributed by atoms with van der Waals surface area (Å²) >= 11 is 6.19. The highest BCUT2D eigenvalue weighted by atomic mass is 35.5. The molecule has 4 rings (SSSR count). The summed E-state index contributed by atoms with van der Waals surface area (Å²) < 4.78 is 40.2. The van der Waals surface area contributed by atoms with Gasteiger partial charge in [0.25, 0.3) is 0 Å². The SMILES string of the molecule is O=C(Cc1cc(Cl)cc2c1OCOC2)N(Cc1ccco1)[C@@H]1CCS(=O)(=O)C1. The molecule has 1 aromatic carbocycles. The fourth-order valence-corrected chi connectivity index (χ4v) is 5.66. The summed E-state index contributed by atoms with van der Waals surface area (Å²) in [4.78, 5) is 14.8. The van der Waals surface area contributed by atoms with Crippen LogP contribution in [-0.4, -0.2) is 43.6 Å².